The minimum absolute atomic E-state index is 0.0224. The molecular formula is C14H17BrN4. The summed E-state index contributed by atoms with van der Waals surface area (Å²) in [5.74, 6) is 1.12. The van der Waals surface area contributed by atoms with Crippen LogP contribution in [0.15, 0.2) is 35.1 Å². The minimum Gasteiger partial charge on any atom is -0.362 e. The molecule has 1 aliphatic rings. The standard InChI is InChI=1S/C14H17BrN4/c1-10(16)12-8-11(15)2-3-13(12)19-7-6-18-5-4-17-14(18)9-19/h2-5,8,10H,6-7,9,16H2,1H3. The van der Waals surface area contributed by atoms with Gasteiger partial charge in [0.2, 0.25) is 0 Å². The first-order valence-electron chi connectivity index (χ1n) is 6.45. The molecule has 2 aromatic rings. The highest BCUT2D eigenvalue weighted by Gasteiger charge is 2.20. The fraction of sp³-hybridized carbons (Fsp3) is 0.357. The average molecular weight is 321 g/mol. The van der Waals surface area contributed by atoms with Crippen LogP contribution in [0.1, 0.15) is 24.4 Å². The van der Waals surface area contributed by atoms with E-state index in [1.807, 2.05) is 19.3 Å². The molecule has 0 spiro atoms. The number of nitrogens with zero attached hydrogens (tertiary/aromatic N) is 3. The van der Waals surface area contributed by atoms with Crippen LogP contribution in [0.4, 0.5) is 5.69 Å². The van der Waals surface area contributed by atoms with Gasteiger partial charge in [-0.2, -0.15) is 0 Å². The largest absolute Gasteiger partial charge is 0.362 e. The van der Waals surface area contributed by atoms with Crippen LogP contribution in [0.2, 0.25) is 0 Å². The van der Waals surface area contributed by atoms with Gasteiger partial charge in [-0.1, -0.05) is 15.9 Å². The Hall–Kier alpha value is -1.33. The van der Waals surface area contributed by atoms with Crippen LogP contribution in [-0.4, -0.2) is 16.1 Å². The third-order valence-corrected chi connectivity index (χ3v) is 4.06. The Morgan fingerprint density at radius 2 is 2.21 bits per heavy atom. The van der Waals surface area contributed by atoms with E-state index in [1.54, 1.807) is 0 Å². The van der Waals surface area contributed by atoms with Gasteiger partial charge in [-0.3, -0.25) is 0 Å². The van der Waals surface area contributed by atoms with E-state index in [-0.39, 0.29) is 6.04 Å². The van der Waals surface area contributed by atoms with Crippen molar-refractivity contribution < 1.29 is 0 Å². The maximum Gasteiger partial charge on any atom is 0.128 e. The molecule has 19 heavy (non-hydrogen) atoms. The molecule has 0 amide bonds. The summed E-state index contributed by atoms with van der Waals surface area (Å²) >= 11 is 3.52. The lowest BCUT2D eigenvalue weighted by Crippen LogP contribution is -2.34. The summed E-state index contributed by atoms with van der Waals surface area (Å²) in [6.45, 7) is 4.83. The molecule has 2 N–H and O–H groups in total. The Balaban J connectivity index is 1.95. The van der Waals surface area contributed by atoms with Crippen LogP contribution in [0, 0.1) is 0 Å². The lowest BCUT2D eigenvalue weighted by Gasteiger charge is -2.32. The maximum absolute atomic E-state index is 6.10. The third-order valence-electron chi connectivity index (χ3n) is 3.57. The van der Waals surface area contributed by atoms with E-state index in [9.17, 15) is 0 Å². The number of imidazole rings is 1. The van der Waals surface area contributed by atoms with Gasteiger partial charge in [0.15, 0.2) is 0 Å². The van der Waals surface area contributed by atoms with Crippen molar-refractivity contribution in [2.75, 3.05) is 11.4 Å². The van der Waals surface area contributed by atoms with Crippen molar-refractivity contribution in [3.05, 3.63) is 46.5 Å². The number of halogens is 1. The van der Waals surface area contributed by atoms with Crippen LogP contribution < -0.4 is 10.6 Å². The number of anilines is 1. The lowest BCUT2D eigenvalue weighted by atomic mass is 10.1. The molecule has 5 heteroatoms. The fourth-order valence-corrected chi connectivity index (χ4v) is 2.94. The second-order valence-electron chi connectivity index (χ2n) is 4.95. The summed E-state index contributed by atoms with van der Waals surface area (Å²) in [6, 6.07) is 6.35. The number of hydrogen-bond acceptors (Lipinski definition) is 3. The van der Waals surface area contributed by atoms with Gasteiger partial charge in [0.25, 0.3) is 0 Å². The third kappa shape index (κ3) is 2.40. The molecule has 0 aliphatic carbocycles. The highest BCUT2D eigenvalue weighted by molar-refractivity contribution is 9.10. The summed E-state index contributed by atoms with van der Waals surface area (Å²) in [5.41, 5.74) is 8.49. The molecule has 4 nitrogen and oxygen atoms in total. The van der Waals surface area contributed by atoms with Crippen LogP contribution in [0.5, 0.6) is 0 Å². The quantitative estimate of drug-likeness (QED) is 0.925. The van der Waals surface area contributed by atoms with E-state index in [1.165, 1.54) is 11.3 Å². The number of aromatic nitrogens is 2. The number of rotatable bonds is 2. The van der Waals surface area contributed by atoms with Crippen molar-refractivity contribution in [2.45, 2.75) is 26.1 Å². The van der Waals surface area contributed by atoms with Crippen molar-refractivity contribution in [2.24, 2.45) is 5.73 Å². The fourth-order valence-electron chi connectivity index (χ4n) is 2.56. The Morgan fingerprint density at radius 3 is 3.00 bits per heavy atom. The predicted octanol–water partition coefficient (Wildman–Crippen LogP) is 2.69. The predicted molar refractivity (Wildman–Crippen MR) is 80.0 cm³/mol. The molecule has 0 fully saturated rings. The molecule has 100 valence electrons. The molecule has 1 aromatic heterocycles. The number of nitrogens with two attached hydrogens (primary N) is 1. The first kappa shape index (κ1) is 12.7. The molecule has 1 aromatic carbocycles. The number of fused-ring (bicyclic) bond motifs is 1. The van der Waals surface area contributed by atoms with E-state index in [0.29, 0.717) is 0 Å². The molecule has 0 bridgehead atoms. The number of hydrogen-bond donors (Lipinski definition) is 1. The summed E-state index contributed by atoms with van der Waals surface area (Å²) in [6.07, 6.45) is 3.91. The van der Waals surface area contributed by atoms with Crippen LogP contribution >= 0.6 is 15.9 Å². The molecule has 1 unspecified atom stereocenters. The van der Waals surface area contributed by atoms with Crippen molar-refractivity contribution in [1.29, 1.82) is 0 Å². The molecule has 0 saturated carbocycles. The van der Waals surface area contributed by atoms with Crippen molar-refractivity contribution in [1.82, 2.24) is 9.55 Å². The summed E-state index contributed by atoms with van der Waals surface area (Å²) in [4.78, 5) is 6.76. The van der Waals surface area contributed by atoms with E-state index >= 15 is 0 Å². The van der Waals surface area contributed by atoms with Crippen molar-refractivity contribution >= 4 is 21.6 Å². The highest BCUT2D eigenvalue weighted by atomic mass is 79.9. The second-order valence-corrected chi connectivity index (χ2v) is 5.87. The van der Waals surface area contributed by atoms with Gasteiger partial charge in [-0.15, -0.1) is 0 Å². The molecule has 3 rings (SSSR count). The Bertz CT molecular complexity index is 591. The van der Waals surface area contributed by atoms with Gasteiger partial charge in [0.1, 0.15) is 5.82 Å². The SMILES string of the molecule is CC(N)c1cc(Br)ccc1N1CCn2ccnc2C1. The van der Waals surface area contributed by atoms with Crippen LogP contribution in [0.3, 0.4) is 0 Å². The molecule has 1 aliphatic heterocycles. The first-order valence-corrected chi connectivity index (χ1v) is 7.24. The molecular weight excluding hydrogens is 304 g/mol. The number of benzene rings is 1. The Morgan fingerprint density at radius 1 is 1.37 bits per heavy atom. The van der Waals surface area contributed by atoms with Crippen LogP contribution in [0.25, 0.3) is 0 Å². The zero-order chi connectivity index (χ0) is 13.4. The minimum atomic E-state index is 0.0224. The smallest absolute Gasteiger partial charge is 0.128 e. The zero-order valence-electron chi connectivity index (χ0n) is 10.9. The van der Waals surface area contributed by atoms with E-state index in [0.717, 1.165) is 29.9 Å². The first-order chi connectivity index (χ1) is 9.15. The van der Waals surface area contributed by atoms with Gasteiger partial charge in [0.05, 0.1) is 6.54 Å². The summed E-state index contributed by atoms with van der Waals surface area (Å²) in [5, 5.41) is 0. The van der Waals surface area contributed by atoms with Crippen molar-refractivity contribution in [3.8, 4) is 0 Å². The maximum atomic E-state index is 6.10. The monoisotopic (exact) mass is 320 g/mol. The molecule has 0 radical (unpaired) electrons. The van der Waals surface area contributed by atoms with Gasteiger partial charge >= 0.3 is 0 Å². The van der Waals surface area contributed by atoms with Crippen LogP contribution in [-0.2, 0) is 13.1 Å². The topological polar surface area (TPSA) is 47.1 Å². The summed E-state index contributed by atoms with van der Waals surface area (Å²) < 4.78 is 3.28. The van der Waals surface area contributed by atoms with E-state index in [2.05, 4.69) is 48.6 Å². The van der Waals surface area contributed by atoms with Gasteiger partial charge in [-0.05, 0) is 30.7 Å². The summed E-state index contributed by atoms with van der Waals surface area (Å²) in [7, 11) is 0. The van der Waals surface area contributed by atoms with Gasteiger partial charge < -0.3 is 15.2 Å². The average Bonchev–Trinajstić information content (AvgIpc) is 2.85. The highest BCUT2D eigenvalue weighted by Crippen LogP contribution is 2.30. The second kappa shape index (κ2) is 4.98. The molecule has 2 heterocycles. The van der Waals surface area contributed by atoms with Crippen molar-refractivity contribution in [3.63, 3.8) is 0 Å². The van der Waals surface area contributed by atoms with Gasteiger partial charge in [0, 0.05) is 41.7 Å². The zero-order valence-corrected chi connectivity index (χ0v) is 12.5. The van der Waals surface area contributed by atoms with Gasteiger partial charge in [-0.25, -0.2) is 4.98 Å². The lowest BCUT2D eigenvalue weighted by molar-refractivity contribution is 0.557. The molecule has 0 saturated heterocycles. The van der Waals surface area contributed by atoms with E-state index < -0.39 is 0 Å². The Labute approximate surface area is 121 Å². The van der Waals surface area contributed by atoms with E-state index in [4.69, 9.17) is 5.73 Å². The molecule has 1 atom stereocenters. The Kier molecular flexibility index (Phi) is 3.33. The normalized spacial score (nSPS) is 16.3.